The molecule has 0 amide bonds. The fourth-order valence-electron chi connectivity index (χ4n) is 3.63. The van der Waals surface area contributed by atoms with Crippen molar-refractivity contribution >= 4 is 5.78 Å². The molecule has 0 aliphatic heterocycles. The van der Waals surface area contributed by atoms with Crippen molar-refractivity contribution in [3.8, 4) is 0 Å². The molecule has 2 rings (SSSR count). The Kier molecular flexibility index (Phi) is 3.16. The van der Waals surface area contributed by atoms with Gasteiger partial charge in [-0.15, -0.1) is 0 Å². The van der Waals surface area contributed by atoms with Crippen molar-refractivity contribution in [1.82, 2.24) is 0 Å². The molecule has 1 aliphatic rings. The molecule has 19 heavy (non-hydrogen) atoms. The molecule has 1 nitrogen and oxygen atoms in total. The summed E-state index contributed by atoms with van der Waals surface area (Å²) < 4.78 is 0. The average molecular weight is 258 g/mol. The Bertz CT molecular complexity index is 535. The first kappa shape index (κ1) is 14.3. The minimum Gasteiger partial charge on any atom is -0.294 e. The topological polar surface area (TPSA) is 17.1 Å². The van der Waals surface area contributed by atoms with Gasteiger partial charge >= 0.3 is 0 Å². The highest BCUT2D eigenvalue weighted by Gasteiger charge is 2.48. The fourth-order valence-corrected chi connectivity index (χ4v) is 3.63. The van der Waals surface area contributed by atoms with E-state index in [9.17, 15) is 4.79 Å². The highest BCUT2D eigenvalue weighted by Crippen LogP contribution is 2.54. The third-order valence-corrected chi connectivity index (χ3v) is 5.54. The van der Waals surface area contributed by atoms with Crippen molar-refractivity contribution in [2.45, 2.75) is 65.7 Å². The third-order valence-electron chi connectivity index (χ3n) is 5.54. The van der Waals surface area contributed by atoms with E-state index in [2.05, 4.69) is 53.7 Å². The van der Waals surface area contributed by atoms with E-state index >= 15 is 0 Å². The van der Waals surface area contributed by atoms with Crippen molar-refractivity contribution < 1.29 is 4.79 Å². The van der Waals surface area contributed by atoms with Crippen LogP contribution < -0.4 is 0 Å². The van der Waals surface area contributed by atoms with Gasteiger partial charge in [-0.1, -0.05) is 47.6 Å². The zero-order valence-corrected chi connectivity index (χ0v) is 13.3. The average Bonchev–Trinajstić information content (AvgIpc) is 2.47. The molecule has 0 fully saturated rings. The predicted molar refractivity (Wildman–Crippen MR) is 81.0 cm³/mol. The Balaban J connectivity index is 2.71. The Hall–Kier alpha value is -1.11. The second kappa shape index (κ2) is 4.19. The molecule has 0 radical (unpaired) electrons. The standard InChI is InChI=1S/C18H26O/c1-8-16(19)13-10-15-14(9-11(13)2)17(4,5)12(3)18(15,6)7/h9-10,12H,8H2,1-7H3. The fraction of sp³-hybridized carbons (Fsp3) is 0.611. The largest absolute Gasteiger partial charge is 0.294 e. The highest BCUT2D eigenvalue weighted by atomic mass is 16.1. The number of rotatable bonds is 2. The molecule has 0 aromatic heterocycles. The van der Waals surface area contributed by atoms with Crippen LogP contribution in [-0.2, 0) is 10.8 Å². The van der Waals surface area contributed by atoms with E-state index in [1.807, 2.05) is 6.92 Å². The SMILES string of the molecule is CCC(=O)c1cc2c(cc1C)C(C)(C)C(C)C2(C)C. The number of hydrogen-bond donors (Lipinski definition) is 0. The second-order valence-corrected chi connectivity index (χ2v) is 7.15. The summed E-state index contributed by atoms with van der Waals surface area (Å²) in [4.78, 5) is 12.1. The van der Waals surface area contributed by atoms with Crippen LogP contribution in [0.5, 0.6) is 0 Å². The van der Waals surface area contributed by atoms with Gasteiger partial charge in [0, 0.05) is 12.0 Å². The van der Waals surface area contributed by atoms with Crippen LogP contribution in [0.15, 0.2) is 12.1 Å². The van der Waals surface area contributed by atoms with E-state index in [1.54, 1.807) is 0 Å². The van der Waals surface area contributed by atoms with Gasteiger partial charge in [0.05, 0.1) is 0 Å². The van der Waals surface area contributed by atoms with Gasteiger partial charge in [0.15, 0.2) is 5.78 Å². The molecule has 1 unspecified atom stereocenters. The summed E-state index contributed by atoms with van der Waals surface area (Å²) in [5.41, 5.74) is 5.15. The number of carbonyl (C=O) groups excluding carboxylic acids is 1. The van der Waals surface area contributed by atoms with E-state index in [-0.39, 0.29) is 16.6 Å². The lowest BCUT2D eigenvalue weighted by Gasteiger charge is -2.32. The lowest BCUT2D eigenvalue weighted by molar-refractivity contribution is 0.0987. The molecular formula is C18H26O. The number of Topliss-reactive ketones (excluding diaryl/α,β-unsaturated/α-hetero) is 1. The van der Waals surface area contributed by atoms with Crippen LogP contribution in [-0.4, -0.2) is 5.78 Å². The van der Waals surface area contributed by atoms with E-state index in [0.29, 0.717) is 12.3 Å². The number of fused-ring (bicyclic) bond motifs is 1. The van der Waals surface area contributed by atoms with Crippen LogP contribution in [0, 0.1) is 12.8 Å². The molecular weight excluding hydrogens is 232 g/mol. The second-order valence-electron chi connectivity index (χ2n) is 7.15. The minimum absolute atomic E-state index is 0.134. The van der Waals surface area contributed by atoms with Crippen LogP contribution in [0.3, 0.4) is 0 Å². The summed E-state index contributed by atoms with van der Waals surface area (Å²) in [7, 11) is 0. The van der Waals surface area contributed by atoms with E-state index in [4.69, 9.17) is 0 Å². The van der Waals surface area contributed by atoms with Crippen LogP contribution in [0.4, 0.5) is 0 Å². The third kappa shape index (κ3) is 1.86. The summed E-state index contributed by atoms with van der Waals surface area (Å²) >= 11 is 0. The molecule has 0 saturated heterocycles. The van der Waals surface area contributed by atoms with Gasteiger partial charge in [0.2, 0.25) is 0 Å². The van der Waals surface area contributed by atoms with Crippen molar-refractivity contribution in [3.63, 3.8) is 0 Å². The molecule has 1 atom stereocenters. The molecule has 104 valence electrons. The normalized spacial score (nSPS) is 23.2. The van der Waals surface area contributed by atoms with Gasteiger partial charge in [0.25, 0.3) is 0 Å². The molecule has 1 aromatic carbocycles. The summed E-state index contributed by atoms with van der Waals surface area (Å²) in [5.74, 6) is 0.829. The molecule has 0 N–H and O–H groups in total. The minimum atomic E-state index is 0.134. The molecule has 1 aromatic rings. The lowest BCUT2D eigenvalue weighted by Crippen LogP contribution is -2.30. The number of aryl methyl sites for hydroxylation is 1. The lowest BCUT2D eigenvalue weighted by atomic mass is 9.71. The van der Waals surface area contributed by atoms with Crippen LogP contribution in [0.1, 0.15) is 75.0 Å². The first-order valence-electron chi connectivity index (χ1n) is 7.32. The van der Waals surface area contributed by atoms with Gasteiger partial charge < -0.3 is 0 Å². The predicted octanol–water partition coefficient (Wildman–Crippen LogP) is 4.79. The summed E-state index contributed by atoms with van der Waals surface area (Å²) in [5, 5.41) is 0. The van der Waals surface area contributed by atoms with Crippen LogP contribution in [0.2, 0.25) is 0 Å². The van der Waals surface area contributed by atoms with Crippen LogP contribution in [0.25, 0.3) is 0 Å². The quantitative estimate of drug-likeness (QED) is 0.697. The maximum atomic E-state index is 12.1. The summed E-state index contributed by atoms with van der Waals surface area (Å²) in [6.07, 6.45) is 0.582. The Morgan fingerprint density at radius 3 is 2.05 bits per heavy atom. The summed E-state index contributed by atoms with van der Waals surface area (Å²) in [6, 6.07) is 4.42. The van der Waals surface area contributed by atoms with Gasteiger partial charge in [0.1, 0.15) is 0 Å². The van der Waals surface area contributed by atoms with E-state index in [0.717, 1.165) is 11.1 Å². The van der Waals surface area contributed by atoms with E-state index in [1.165, 1.54) is 11.1 Å². The van der Waals surface area contributed by atoms with Gasteiger partial charge in [-0.05, 0) is 46.4 Å². The number of ketones is 1. The molecule has 1 heteroatoms. The molecule has 1 aliphatic carbocycles. The van der Waals surface area contributed by atoms with E-state index < -0.39 is 0 Å². The molecule has 0 bridgehead atoms. The Morgan fingerprint density at radius 1 is 1.11 bits per heavy atom. The number of benzene rings is 1. The zero-order chi connectivity index (χ0) is 14.6. The van der Waals surface area contributed by atoms with Crippen molar-refractivity contribution in [2.24, 2.45) is 5.92 Å². The maximum Gasteiger partial charge on any atom is 0.162 e. The number of carbonyl (C=O) groups is 1. The first-order chi connectivity index (χ1) is 8.64. The van der Waals surface area contributed by atoms with Gasteiger partial charge in [-0.25, -0.2) is 0 Å². The van der Waals surface area contributed by atoms with Gasteiger partial charge in [-0.3, -0.25) is 4.79 Å². The van der Waals surface area contributed by atoms with Gasteiger partial charge in [-0.2, -0.15) is 0 Å². The van der Waals surface area contributed by atoms with Crippen molar-refractivity contribution in [3.05, 3.63) is 34.4 Å². The molecule has 0 spiro atoms. The van der Waals surface area contributed by atoms with Crippen LogP contribution >= 0.6 is 0 Å². The molecule has 0 saturated carbocycles. The summed E-state index contributed by atoms with van der Waals surface area (Å²) in [6.45, 7) is 15.6. The Morgan fingerprint density at radius 2 is 1.58 bits per heavy atom. The van der Waals surface area contributed by atoms with Crippen molar-refractivity contribution in [2.75, 3.05) is 0 Å². The first-order valence-corrected chi connectivity index (χ1v) is 7.32. The number of hydrogen-bond acceptors (Lipinski definition) is 1. The maximum absolute atomic E-state index is 12.1. The monoisotopic (exact) mass is 258 g/mol. The molecule has 0 heterocycles. The zero-order valence-electron chi connectivity index (χ0n) is 13.3. The smallest absolute Gasteiger partial charge is 0.162 e. The Labute approximate surface area is 117 Å². The van der Waals surface area contributed by atoms with Crippen molar-refractivity contribution in [1.29, 1.82) is 0 Å². The highest BCUT2D eigenvalue weighted by molar-refractivity contribution is 5.97.